The van der Waals surface area contributed by atoms with Gasteiger partial charge in [0.2, 0.25) is 15.9 Å². The van der Waals surface area contributed by atoms with Gasteiger partial charge in [0.25, 0.3) is 0 Å². The maximum atomic E-state index is 12.4. The maximum Gasteiger partial charge on any atom is 0.240 e. The number of rotatable bonds is 5. The Hall–Kier alpha value is -1.44. The number of hydrogen-bond acceptors (Lipinski definition) is 4. The van der Waals surface area contributed by atoms with Crippen LogP contribution in [0.5, 0.6) is 0 Å². The molecule has 1 aliphatic heterocycles. The molecule has 1 unspecified atom stereocenters. The number of anilines is 1. The summed E-state index contributed by atoms with van der Waals surface area (Å²) in [4.78, 5) is 11.2. The highest BCUT2D eigenvalue weighted by molar-refractivity contribution is 7.89. The van der Waals surface area contributed by atoms with Crippen LogP contribution in [0.25, 0.3) is 0 Å². The number of ether oxygens (including phenoxy) is 1. The molecule has 7 heteroatoms. The first-order chi connectivity index (χ1) is 9.88. The van der Waals surface area contributed by atoms with Crippen LogP contribution >= 0.6 is 0 Å². The number of sulfonamides is 1. The summed E-state index contributed by atoms with van der Waals surface area (Å²) < 4.78 is 32.7. The normalized spacial score (nSPS) is 18.7. The van der Waals surface area contributed by atoms with Crippen LogP contribution in [0.15, 0.2) is 23.1 Å². The Kier molecular flexibility index (Phi) is 4.97. The van der Waals surface area contributed by atoms with E-state index in [1.54, 1.807) is 19.1 Å². The molecule has 0 aliphatic carbocycles. The largest absolute Gasteiger partial charge is 0.377 e. The van der Waals surface area contributed by atoms with E-state index in [9.17, 15) is 13.2 Å². The number of nitrogens with one attached hydrogen (secondary N) is 2. The standard InChI is InChI=1S/C14H20N2O4S/c1-10-5-6-12(16-11(2)17)8-14(10)21(18,19)15-9-13-4-3-7-20-13/h5-6,8,13,15H,3-4,7,9H2,1-2H3,(H,16,17). The molecule has 0 bridgehead atoms. The molecule has 1 aliphatic rings. The van der Waals surface area contributed by atoms with Gasteiger partial charge in [0.15, 0.2) is 0 Å². The lowest BCUT2D eigenvalue weighted by Crippen LogP contribution is -2.32. The minimum Gasteiger partial charge on any atom is -0.377 e. The van der Waals surface area contributed by atoms with Gasteiger partial charge in [-0.3, -0.25) is 4.79 Å². The van der Waals surface area contributed by atoms with Gasteiger partial charge in [0, 0.05) is 25.8 Å². The summed E-state index contributed by atoms with van der Waals surface area (Å²) in [5, 5.41) is 2.59. The lowest BCUT2D eigenvalue weighted by atomic mass is 10.2. The zero-order valence-corrected chi connectivity index (χ0v) is 13.0. The average molecular weight is 312 g/mol. The molecule has 6 nitrogen and oxygen atoms in total. The molecule has 0 radical (unpaired) electrons. The number of hydrogen-bond donors (Lipinski definition) is 2. The average Bonchev–Trinajstić information content (AvgIpc) is 2.91. The second-order valence-electron chi connectivity index (χ2n) is 5.15. The summed E-state index contributed by atoms with van der Waals surface area (Å²) in [6, 6.07) is 4.82. The minimum absolute atomic E-state index is 0.0568. The molecular formula is C14H20N2O4S. The summed E-state index contributed by atoms with van der Waals surface area (Å²) in [5.41, 5.74) is 1.09. The smallest absolute Gasteiger partial charge is 0.240 e. The van der Waals surface area contributed by atoms with Gasteiger partial charge in [-0.25, -0.2) is 13.1 Å². The molecule has 21 heavy (non-hydrogen) atoms. The number of amides is 1. The molecule has 0 saturated carbocycles. The van der Waals surface area contributed by atoms with Crippen LogP contribution in [0.2, 0.25) is 0 Å². The Morgan fingerprint density at radius 3 is 2.81 bits per heavy atom. The van der Waals surface area contributed by atoms with Crippen molar-refractivity contribution in [3.63, 3.8) is 0 Å². The van der Waals surface area contributed by atoms with Crippen LogP contribution in [-0.4, -0.2) is 33.6 Å². The first-order valence-corrected chi connectivity index (χ1v) is 8.36. The molecule has 0 spiro atoms. The SMILES string of the molecule is CC(=O)Nc1ccc(C)c(S(=O)(=O)NCC2CCCO2)c1. The van der Waals surface area contributed by atoms with E-state index in [0.717, 1.165) is 12.8 Å². The zero-order chi connectivity index (χ0) is 15.5. The fraction of sp³-hybridized carbons (Fsp3) is 0.500. The summed E-state index contributed by atoms with van der Waals surface area (Å²) in [7, 11) is -3.62. The highest BCUT2D eigenvalue weighted by atomic mass is 32.2. The van der Waals surface area contributed by atoms with Crippen LogP contribution in [-0.2, 0) is 19.6 Å². The highest BCUT2D eigenvalue weighted by Crippen LogP contribution is 2.20. The van der Waals surface area contributed by atoms with Crippen molar-refractivity contribution in [3.05, 3.63) is 23.8 Å². The fourth-order valence-electron chi connectivity index (χ4n) is 2.26. The van der Waals surface area contributed by atoms with Crippen LogP contribution in [0.3, 0.4) is 0 Å². The topological polar surface area (TPSA) is 84.5 Å². The van der Waals surface area contributed by atoms with Gasteiger partial charge >= 0.3 is 0 Å². The Bertz CT molecular complexity index is 622. The number of benzene rings is 1. The van der Waals surface area contributed by atoms with Crippen molar-refractivity contribution in [3.8, 4) is 0 Å². The second-order valence-corrected chi connectivity index (χ2v) is 6.88. The van der Waals surface area contributed by atoms with E-state index >= 15 is 0 Å². The third-order valence-corrected chi connectivity index (χ3v) is 4.89. The van der Waals surface area contributed by atoms with E-state index in [1.807, 2.05) is 0 Å². The van der Waals surface area contributed by atoms with Gasteiger partial charge < -0.3 is 10.1 Å². The van der Waals surface area contributed by atoms with Crippen molar-refractivity contribution in [1.82, 2.24) is 4.72 Å². The number of aryl methyl sites for hydroxylation is 1. The van der Waals surface area contributed by atoms with Gasteiger partial charge in [-0.1, -0.05) is 6.07 Å². The Morgan fingerprint density at radius 1 is 1.43 bits per heavy atom. The molecule has 1 amide bonds. The number of carbonyl (C=O) groups excluding carboxylic acids is 1. The molecular weight excluding hydrogens is 292 g/mol. The third kappa shape index (κ3) is 4.26. The summed E-state index contributed by atoms with van der Waals surface area (Å²) in [6.07, 6.45) is 1.77. The van der Waals surface area contributed by atoms with Crippen molar-refractivity contribution >= 4 is 21.6 Å². The molecule has 1 aromatic carbocycles. The van der Waals surface area contributed by atoms with Crippen LogP contribution < -0.4 is 10.0 Å². The zero-order valence-electron chi connectivity index (χ0n) is 12.2. The molecule has 2 rings (SSSR count). The summed E-state index contributed by atoms with van der Waals surface area (Å²) in [5.74, 6) is -0.241. The quantitative estimate of drug-likeness (QED) is 0.861. The first-order valence-electron chi connectivity index (χ1n) is 6.88. The second kappa shape index (κ2) is 6.55. The summed E-state index contributed by atoms with van der Waals surface area (Å²) >= 11 is 0. The van der Waals surface area contributed by atoms with Crippen molar-refractivity contribution in [1.29, 1.82) is 0 Å². The first kappa shape index (κ1) is 15.9. The van der Waals surface area contributed by atoms with E-state index in [1.165, 1.54) is 13.0 Å². The van der Waals surface area contributed by atoms with Crippen LogP contribution in [0.1, 0.15) is 25.3 Å². The Balaban J connectivity index is 2.15. The van der Waals surface area contributed by atoms with Crippen molar-refractivity contribution in [2.75, 3.05) is 18.5 Å². The molecule has 2 N–H and O–H groups in total. The van der Waals surface area contributed by atoms with Crippen LogP contribution in [0.4, 0.5) is 5.69 Å². The summed E-state index contributed by atoms with van der Waals surface area (Å²) in [6.45, 7) is 4.05. The Labute approximate surface area is 124 Å². The van der Waals surface area contributed by atoms with E-state index in [0.29, 0.717) is 17.9 Å². The number of carbonyl (C=O) groups is 1. The lowest BCUT2D eigenvalue weighted by molar-refractivity contribution is -0.114. The molecule has 0 aromatic heterocycles. The predicted molar refractivity (Wildman–Crippen MR) is 79.6 cm³/mol. The van der Waals surface area contributed by atoms with E-state index in [4.69, 9.17) is 4.74 Å². The molecule has 1 atom stereocenters. The fourth-order valence-corrected chi connectivity index (χ4v) is 3.59. The van der Waals surface area contributed by atoms with Gasteiger partial charge in [0.05, 0.1) is 11.0 Å². The van der Waals surface area contributed by atoms with Gasteiger partial charge in [0.1, 0.15) is 0 Å². The lowest BCUT2D eigenvalue weighted by Gasteiger charge is -2.14. The molecule has 1 heterocycles. The predicted octanol–water partition coefficient (Wildman–Crippen LogP) is 1.41. The maximum absolute atomic E-state index is 12.4. The van der Waals surface area contributed by atoms with Gasteiger partial charge in [-0.05, 0) is 37.5 Å². The highest BCUT2D eigenvalue weighted by Gasteiger charge is 2.21. The third-order valence-electron chi connectivity index (χ3n) is 3.32. The van der Waals surface area contributed by atoms with E-state index in [2.05, 4.69) is 10.0 Å². The van der Waals surface area contributed by atoms with Crippen molar-refractivity contribution < 1.29 is 17.9 Å². The van der Waals surface area contributed by atoms with Crippen molar-refractivity contribution in [2.24, 2.45) is 0 Å². The Morgan fingerprint density at radius 2 is 2.19 bits per heavy atom. The van der Waals surface area contributed by atoms with E-state index < -0.39 is 10.0 Å². The molecule has 1 saturated heterocycles. The molecule has 1 fully saturated rings. The molecule has 116 valence electrons. The van der Waals surface area contributed by atoms with Gasteiger partial charge in [-0.2, -0.15) is 0 Å². The minimum atomic E-state index is -3.62. The van der Waals surface area contributed by atoms with E-state index in [-0.39, 0.29) is 23.5 Å². The van der Waals surface area contributed by atoms with Gasteiger partial charge in [-0.15, -0.1) is 0 Å². The van der Waals surface area contributed by atoms with Crippen molar-refractivity contribution in [2.45, 2.75) is 37.7 Å². The monoisotopic (exact) mass is 312 g/mol. The van der Waals surface area contributed by atoms with Crippen LogP contribution in [0, 0.1) is 6.92 Å². The molecule has 1 aromatic rings.